The molecule has 19 heavy (non-hydrogen) atoms. The Bertz CT molecular complexity index is 468. The Morgan fingerprint density at radius 2 is 2.21 bits per heavy atom. The summed E-state index contributed by atoms with van der Waals surface area (Å²) in [5.41, 5.74) is 0. The van der Waals surface area contributed by atoms with Crippen molar-refractivity contribution < 1.29 is 4.42 Å². The topological polar surface area (TPSA) is 37.5 Å². The highest BCUT2D eigenvalue weighted by Crippen LogP contribution is 2.34. The van der Waals surface area contributed by atoms with Crippen molar-refractivity contribution in [3.8, 4) is 0 Å². The van der Waals surface area contributed by atoms with E-state index in [0.717, 1.165) is 22.6 Å². The van der Waals surface area contributed by atoms with Crippen LogP contribution in [0.5, 0.6) is 0 Å². The Morgan fingerprint density at radius 3 is 3.00 bits per heavy atom. The van der Waals surface area contributed by atoms with E-state index in [9.17, 15) is 0 Å². The summed E-state index contributed by atoms with van der Waals surface area (Å²) in [5.74, 6) is 3.99. The predicted octanol–water partition coefficient (Wildman–Crippen LogP) is 3.90. The molecule has 0 radical (unpaired) electrons. The average molecular weight is 278 g/mol. The van der Waals surface area contributed by atoms with Gasteiger partial charge in [-0.3, -0.25) is 4.99 Å². The van der Waals surface area contributed by atoms with Gasteiger partial charge in [-0.1, -0.05) is 24.6 Å². The number of nitrogens with zero attached hydrogens (tertiary/aromatic N) is 1. The van der Waals surface area contributed by atoms with Gasteiger partial charge in [0.1, 0.15) is 11.5 Å². The zero-order valence-corrected chi connectivity index (χ0v) is 12.5. The van der Waals surface area contributed by atoms with Crippen molar-refractivity contribution in [2.24, 2.45) is 10.9 Å². The van der Waals surface area contributed by atoms with E-state index in [-0.39, 0.29) is 6.04 Å². The molecule has 3 atom stereocenters. The molecular weight excluding hydrogens is 256 g/mol. The molecule has 0 spiro atoms. The Hall–Kier alpha value is -0.900. The zero-order chi connectivity index (χ0) is 13.2. The molecule has 0 amide bonds. The fourth-order valence-electron chi connectivity index (χ4n) is 2.95. The second-order valence-electron chi connectivity index (χ2n) is 5.67. The van der Waals surface area contributed by atoms with Crippen molar-refractivity contribution >= 4 is 16.9 Å². The summed E-state index contributed by atoms with van der Waals surface area (Å²) in [5, 5.41) is 4.60. The monoisotopic (exact) mass is 278 g/mol. The van der Waals surface area contributed by atoms with E-state index >= 15 is 0 Å². The fraction of sp³-hybridized carbons (Fsp3) is 0.667. The van der Waals surface area contributed by atoms with Gasteiger partial charge in [-0.2, -0.15) is 0 Å². The number of hydrogen-bond acceptors (Lipinski definition) is 4. The van der Waals surface area contributed by atoms with E-state index in [1.807, 2.05) is 30.8 Å². The number of amidine groups is 1. The summed E-state index contributed by atoms with van der Waals surface area (Å²) >= 11 is 1.88. The highest BCUT2D eigenvalue weighted by molar-refractivity contribution is 8.13. The largest absolute Gasteiger partial charge is 0.464 e. The van der Waals surface area contributed by atoms with Crippen LogP contribution in [0.25, 0.3) is 0 Å². The van der Waals surface area contributed by atoms with Crippen molar-refractivity contribution in [1.82, 2.24) is 5.32 Å². The van der Waals surface area contributed by atoms with Crippen LogP contribution in [-0.4, -0.2) is 17.0 Å². The second kappa shape index (κ2) is 5.61. The van der Waals surface area contributed by atoms with Gasteiger partial charge in [-0.25, -0.2) is 0 Å². The molecule has 104 valence electrons. The van der Waals surface area contributed by atoms with Crippen LogP contribution >= 0.6 is 11.8 Å². The van der Waals surface area contributed by atoms with Crippen molar-refractivity contribution in [3.63, 3.8) is 0 Å². The maximum absolute atomic E-state index is 5.67. The number of aliphatic imine (C=N–C) groups is 1. The highest BCUT2D eigenvalue weighted by Gasteiger charge is 2.29. The Morgan fingerprint density at radius 1 is 1.37 bits per heavy atom. The van der Waals surface area contributed by atoms with Crippen LogP contribution in [0.15, 0.2) is 21.5 Å². The molecule has 3 rings (SSSR count). The number of thioether (sulfide) groups is 1. The van der Waals surface area contributed by atoms with Gasteiger partial charge >= 0.3 is 0 Å². The first-order chi connectivity index (χ1) is 9.22. The second-order valence-corrected chi connectivity index (χ2v) is 6.68. The average Bonchev–Trinajstić information content (AvgIpc) is 2.85. The summed E-state index contributed by atoms with van der Waals surface area (Å²) in [4.78, 5) is 4.90. The summed E-state index contributed by atoms with van der Waals surface area (Å²) < 4.78 is 5.67. The lowest BCUT2D eigenvalue weighted by atomic mass is 9.86. The van der Waals surface area contributed by atoms with Crippen molar-refractivity contribution in [1.29, 1.82) is 0 Å². The smallest absolute Gasteiger partial charge is 0.157 e. The molecule has 1 saturated carbocycles. The first kappa shape index (κ1) is 13.1. The Balaban J connectivity index is 1.65. The van der Waals surface area contributed by atoms with Gasteiger partial charge in [0.2, 0.25) is 0 Å². The van der Waals surface area contributed by atoms with E-state index in [0.29, 0.717) is 6.04 Å². The fourth-order valence-corrected chi connectivity index (χ4v) is 4.18. The molecule has 1 aromatic heterocycles. The van der Waals surface area contributed by atoms with E-state index in [1.165, 1.54) is 31.4 Å². The van der Waals surface area contributed by atoms with Crippen molar-refractivity contribution in [2.45, 2.75) is 51.6 Å². The van der Waals surface area contributed by atoms with Crippen LogP contribution in [0, 0.1) is 12.8 Å². The molecule has 1 aromatic rings. The van der Waals surface area contributed by atoms with Gasteiger partial charge in [-0.15, -0.1) is 0 Å². The summed E-state index contributed by atoms with van der Waals surface area (Å²) in [6, 6.07) is 4.81. The first-order valence-corrected chi connectivity index (χ1v) is 8.24. The molecule has 1 N–H and O–H groups in total. The number of hydrogen-bond donors (Lipinski definition) is 1. The predicted molar refractivity (Wildman–Crippen MR) is 80.6 cm³/mol. The van der Waals surface area contributed by atoms with Gasteiger partial charge in [0.25, 0.3) is 0 Å². The first-order valence-electron chi connectivity index (χ1n) is 7.26. The van der Waals surface area contributed by atoms with Gasteiger partial charge in [0, 0.05) is 5.75 Å². The summed E-state index contributed by atoms with van der Waals surface area (Å²) in [6.07, 6.45) is 5.36. The van der Waals surface area contributed by atoms with E-state index in [1.54, 1.807) is 0 Å². The molecule has 3 unspecified atom stereocenters. The van der Waals surface area contributed by atoms with Crippen LogP contribution in [-0.2, 0) is 0 Å². The number of rotatable bonds is 2. The minimum atomic E-state index is 0.195. The Labute approximate surface area is 119 Å². The molecule has 0 bridgehead atoms. The minimum absolute atomic E-state index is 0.195. The molecule has 4 heteroatoms. The molecule has 1 aliphatic carbocycles. The van der Waals surface area contributed by atoms with Crippen molar-refractivity contribution in [2.75, 3.05) is 5.75 Å². The Kier molecular flexibility index (Phi) is 3.87. The molecule has 2 aliphatic rings. The standard InChI is InChI=1S/C15H22N2OS/c1-10-7-8-14(18-10)11(2)16-15-17-13-6-4-3-5-12(13)9-19-15/h7-8,11-13H,3-6,9H2,1-2H3,(H,16,17). The number of nitrogens with one attached hydrogen (secondary N) is 1. The maximum Gasteiger partial charge on any atom is 0.157 e. The third kappa shape index (κ3) is 2.99. The van der Waals surface area contributed by atoms with Gasteiger partial charge in [0.05, 0.1) is 12.1 Å². The lowest BCUT2D eigenvalue weighted by Crippen LogP contribution is -2.35. The third-order valence-electron chi connectivity index (χ3n) is 4.11. The quantitative estimate of drug-likeness (QED) is 0.891. The number of fused-ring (bicyclic) bond motifs is 1. The highest BCUT2D eigenvalue weighted by atomic mass is 32.2. The molecule has 3 nitrogen and oxygen atoms in total. The van der Waals surface area contributed by atoms with Gasteiger partial charge in [0.15, 0.2) is 5.17 Å². The number of aryl methyl sites for hydroxylation is 1. The molecular formula is C15H22N2OS. The van der Waals surface area contributed by atoms with Crippen LogP contribution in [0.3, 0.4) is 0 Å². The third-order valence-corrected chi connectivity index (χ3v) is 5.21. The van der Waals surface area contributed by atoms with Gasteiger partial charge < -0.3 is 9.73 Å². The lowest BCUT2D eigenvalue weighted by molar-refractivity contribution is 0.335. The summed E-state index contributed by atoms with van der Waals surface area (Å²) in [6.45, 7) is 4.12. The maximum atomic E-state index is 5.67. The van der Waals surface area contributed by atoms with E-state index in [4.69, 9.17) is 9.41 Å². The van der Waals surface area contributed by atoms with Crippen LogP contribution < -0.4 is 5.32 Å². The minimum Gasteiger partial charge on any atom is -0.464 e. The molecule has 0 aromatic carbocycles. The summed E-state index contributed by atoms with van der Waals surface area (Å²) in [7, 11) is 0. The molecule has 1 fully saturated rings. The number of furan rings is 1. The van der Waals surface area contributed by atoms with Gasteiger partial charge in [-0.05, 0) is 44.7 Å². The van der Waals surface area contributed by atoms with Crippen molar-refractivity contribution in [3.05, 3.63) is 23.7 Å². The zero-order valence-electron chi connectivity index (χ0n) is 11.7. The molecule has 2 heterocycles. The van der Waals surface area contributed by atoms with E-state index < -0.39 is 0 Å². The normalized spacial score (nSPS) is 28.4. The molecule has 1 aliphatic heterocycles. The van der Waals surface area contributed by atoms with Crippen LogP contribution in [0.2, 0.25) is 0 Å². The molecule has 0 saturated heterocycles. The lowest BCUT2D eigenvalue weighted by Gasteiger charge is -2.33. The van der Waals surface area contributed by atoms with Crippen LogP contribution in [0.4, 0.5) is 0 Å². The van der Waals surface area contributed by atoms with E-state index in [2.05, 4.69) is 12.2 Å². The SMILES string of the molecule is Cc1ccc(C(C)NC2=NC3CCCCC3CS2)o1. The van der Waals surface area contributed by atoms with Crippen LogP contribution in [0.1, 0.15) is 50.2 Å².